The smallest absolute Gasteiger partial charge is 0.338 e. The van der Waals surface area contributed by atoms with E-state index in [1.807, 2.05) is 12.1 Å². The third kappa shape index (κ3) is 11.4. The number of esters is 2. The molecule has 0 amide bonds. The average molecular weight is 593 g/mol. The van der Waals surface area contributed by atoms with Crippen molar-refractivity contribution in [3.63, 3.8) is 0 Å². The van der Waals surface area contributed by atoms with Gasteiger partial charge in [-0.2, -0.15) is 0 Å². The molecule has 1 aliphatic carbocycles. The van der Waals surface area contributed by atoms with E-state index >= 15 is 0 Å². The lowest BCUT2D eigenvalue weighted by atomic mass is 9.77. The summed E-state index contributed by atoms with van der Waals surface area (Å²) >= 11 is 0. The zero-order valence-corrected chi connectivity index (χ0v) is 25.3. The van der Waals surface area contributed by atoms with Crippen LogP contribution in [0.1, 0.15) is 87.8 Å². The summed E-state index contributed by atoms with van der Waals surface area (Å²) in [4.78, 5) is 23.6. The maximum atomic E-state index is 11.8. The van der Waals surface area contributed by atoms with E-state index in [1.165, 1.54) is 63.0 Å². The molecule has 8 nitrogen and oxygen atoms in total. The number of benzene rings is 2. The Labute approximate surface area is 255 Å². The molecule has 0 radical (unpaired) electrons. The monoisotopic (exact) mass is 592 g/mol. The molecular weight excluding hydrogens is 548 g/mol. The number of carbonyl (C=O) groups is 2. The van der Waals surface area contributed by atoms with E-state index in [0.29, 0.717) is 23.0 Å². The zero-order valence-electron chi connectivity index (χ0n) is 25.3. The number of aliphatic hydroxyl groups is 2. The number of hydrogen-bond acceptors (Lipinski definition) is 8. The number of ether oxygens (including phenoxy) is 4. The van der Waals surface area contributed by atoms with Crippen molar-refractivity contribution in [1.29, 1.82) is 0 Å². The van der Waals surface area contributed by atoms with Crippen molar-refractivity contribution in [1.82, 2.24) is 0 Å². The molecule has 43 heavy (non-hydrogen) atoms. The van der Waals surface area contributed by atoms with Crippen LogP contribution in [0.4, 0.5) is 0 Å². The van der Waals surface area contributed by atoms with Gasteiger partial charge in [-0.05, 0) is 74.3 Å². The Balaban J connectivity index is 1.65. The normalized spacial score (nSPS) is 16.7. The summed E-state index contributed by atoms with van der Waals surface area (Å²) in [5, 5.41) is 18.1. The van der Waals surface area contributed by atoms with Crippen LogP contribution in [0.15, 0.2) is 54.6 Å². The van der Waals surface area contributed by atoms with Gasteiger partial charge >= 0.3 is 11.9 Å². The van der Waals surface area contributed by atoms with E-state index < -0.39 is 31.3 Å². The van der Waals surface area contributed by atoms with Crippen molar-refractivity contribution in [3.05, 3.63) is 71.3 Å². The van der Waals surface area contributed by atoms with Gasteiger partial charge in [0.05, 0.1) is 24.7 Å². The Bertz CT molecular complexity index is 1250. The minimum absolute atomic E-state index is 0.0905. The summed E-state index contributed by atoms with van der Waals surface area (Å²) in [6.07, 6.45) is 10.5. The number of hydrogen-bond donors (Lipinski definition) is 2. The van der Waals surface area contributed by atoms with Crippen molar-refractivity contribution >= 4 is 11.9 Å². The number of rotatable bonds is 15. The highest BCUT2D eigenvalue weighted by Crippen LogP contribution is 2.37. The van der Waals surface area contributed by atoms with Gasteiger partial charge in [-0.3, -0.25) is 4.79 Å². The van der Waals surface area contributed by atoms with Gasteiger partial charge in [0, 0.05) is 17.2 Å². The predicted molar refractivity (Wildman–Crippen MR) is 163 cm³/mol. The molecular formula is C35H44O8. The molecule has 0 spiro atoms. The van der Waals surface area contributed by atoms with E-state index in [4.69, 9.17) is 29.2 Å². The van der Waals surface area contributed by atoms with Crippen molar-refractivity contribution in [3.8, 4) is 23.3 Å². The fraction of sp³-hybridized carbons (Fsp3) is 0.486. The Morgan fingerprint density at radius 1 is 0.907 bits per heavy atom. The molecule has 1 atom stereocenters. The fourth-order valence-corrected chi connectivity index (χ4v) is 4.95. The minimum atomic E-state index is -0.775. The Morgan fingerprint density at radius 2 is 1.53 bits per heavy atom. The van der Waals surface area contributed by atoms with Gasteiger partial charge in [0.1, 0.15) is 11.5 Å². The molecule has 0 saturated heterocycles. The lowest BCUT2D eigenvalue weighted by Crippen LogP contribution is -2.20. The second-order valence-corrected chi connectivity index (χ2v) is 11.0. The molecule has 2 aromatic carbocycles. The molecule has 2 N–H and O–H groups in total. The average Bonchev–Trinajstić information content (AvgIpc) is 3.03. The van der Waals surface area contributed by atoms with E-state index in [9.17, 15) is 9.59 Å². The van der Waals surface area contributed by atoms with Crippen LogP contribution in [0.5, 0.6) is 11.5 Å². The van der Waals surface area contributed by atoms with Gasteiger partial charge in [-0.25, -0.2) is 4.79 Å². The molecule has 1 saturated carbocycles. The summed E-state index contributed by atoms with van der Waals surface area (Å²) in [6, 6.07) is 13.3. The maximum Gasteiger partial charge on any atom is 0.338 e. The predicted octanol–water partition coefficient (Wildman–Crippen LogP) is 5.88. The minimum Gasteiger partial charge on any atom is -0.457 e. The first-order valence-electron chi connectivity index (χ1n) is 15.1. The van der Waals surface area contributed by atoms with Crippen LogP contribution in [0.25, 0.3) is 0 Å². The molecule has 3 rings (SSSR count). The third-order valence-electron chi connectivity index (χ3n) is 7.67. The summed E-state index contributed by atoms with van der Waals surface area (Å²) < 4.78 is 21.1. The van der Waals surface area contributed by atoms with Crippen LogP contribution in [-0.4, -0.2) is 49.0 Å². The van der Waals surface area contributed by atoms with Crippen molar-refractivity contribution in [2.24, 2.45) is 11.8 Å². The molecule has 0 heterocycles. The van der Waals surface area contributed by atoms with Crippen molar-refractivity contribution < 1.29 is 38.7 Å². The first-order chi connectivity index (χ1) is 20.8. The lowest BCUT2D eigenvalue weighted by Gasteiger charge is -2.29. The summed E-state index contributed by atoms with van der Waals surface area (Å²) in [7, 11) is 0. The Morgan fingerprint density at radius 3 is 2.14 bits per heavy atom. The highest BCUT2D eigenvalue weighted by molar-refractivity contribution is 5.87. The molecule has 0 bridgehead atoms. The highest BCUT2D eigenvalue weighted by atomic mass is 16.7. The van der Waals surface area contributed by atoms with Crippen LogP contribution in [0.2, 0.25) is 0 Å². The van der Waals surface area contributed by atoms with Gasteiger partial charge in [0.25, 0.3) is 0 Å². The molecule has 2 aromatic rings. The summed E-state index contributed by atoms with van der Waals surface area (Å²) in [5.41, 5.74) is 2.72. The topological polar surface area (TPSA) is 112 Å². The van der Waals surface area contributed by atoms with Gasteiger partial charge in [-0.1, -0.05) is 63.2 Å². The second-order valence-electron chi connectivity index (χ2n) is 11.0. The molecule has 0 aromatic heterocycles. The Kier molecular flexibility index (Phi) is 14.1. The molecule has 0 aliphatic heterocycles. The van der Waals surface area contributed by atoms with E-state index in [0.717, 1.165) is 11.5 Å². The molecule has 232 valence electrons. The van der Waals surface area contributed by atoms with E-state index in [1.54, 1.807) is 19.1 Å². The number of unbranched alkanes of at least 4 members (excludes halogenated alkanes) is 2. The van der Waals surface area contributed by atoms with Crippen LogP contribution in [-0.2, 0) is 19.1 Å². The van der Waals surface area contributed by atoms with E-state index in [-0.39, 0.29) is 19.0 Å². The molecule has 1 fully saturated rings. The maximum absolute atomic E-state index is 11.8. The number of aliphatic hydroxyl groups excluding tert-OH is 2. The lowest BCUT2D eigenvalue weighted by molar-refractivity contribution is -0.155. The van der Waals surface area contributed by atoms with Crippen LogP contribution < -0.4 is 9.47 Å². The molecule has 1 unspecified atom stereocenters. The van der Waals surface area contributed by atoms with Crippen LogP contribution >= 0.6 is 0 Å². The standard InChI is InChI=1S/C35H44O8/c1-4-5-6-7-27-10-14-30(15-11-27)31-16-12-28(13-17-31)8-9-29-18-32(40-23-42-34(38)25(2)21-36)20-33(19-29)41-24-43-35(39)26(3)22-37/h12-13,16-20,26-27,30,36-37H,2,4-7,10-11,14-15,21-24H2,1,3H3. The highest BCUT2D eigenvalue weighted by Gasteiger charge is 2.22. The van der Waals surface area contributed by atoms with Crippen LogP contribution in [0, 0.1) is 23.7 Å². The van der Waals surface area contributed by atoms with Gasteiger partial charge in [-0.15, -0.1) is 0 Å². The first kappa shape index (κ1) is 33.7. The SMILES string of the molecule is C=C(CO)C(=O)OCOc1cc(C#Cc2ccc(C3CCC(CCCCC)CC3)cc2)cc(OCOC(=O)C(C)CO)c1. The fourth-order valence-electron chi connectivity index (χ4n) is 4.95. The van der Waals surface area contributed by atoms with E-state index in [2.05, 4.69) is 37.5 Å². The third-order valence-corrected chi connectivity index (χ3v) is 7.67. The number of carbonyl (C=O) groups excluding carboxylic acids is 2. The first-order valence-corrected chi connectivity index (χ1v) is 15.1. The quantitative estimate of drug-likeness (QED) is 0.0868. The largest absolute Gasteiger partial charge is 0.457 e. The second kappa shape index (κ2) is 18.0. The van der Waals surface area contributed by atoms with Gasteiger partial charge in [0.15, 0.2) is 0 Å². The van der Waals surface area contributed by atoms with Gasteiger partial charge in [0.2, 0.25) is 13.6 Å². The van der Waals surface area contributed by atoms with Crippen molar-refractivity contribution in [2.75, 3.05) is 26.8 Å². The molecule has 8 heteroatoms. The van der Waals surface area contributed by atoms with Gasteiger partial charge < -0.3 is 29.2 Å². The van der Waals surface area contributed by atoms with Crippen LogP contribution in [0.3, 0.4) is 0 Å². The van der Waals surface area contributed by atoms with Crippen molar-refractivity contribution in [2.45, 2.75) is 71.1 Å². The zero-order chi connectivity index (χ0) is 31.0. The Hall–Kier alpha value is -3.80. The molecule has 1 aliphatic rings. The summed E-state index contributed by atoms with van der Waals surface area (Å²) in [6.45, 7) is 5.59. The summed E-state index contributed by atoms with van der Waals surface area (Å²) in [5.74, 6) is 6.37.